The van der Waals surface area contributed by atoms with Crippen molar-refractivity contribution in [3.05, 3.63) is 89.7 Å². The van der Waals surface area contributed by atoms with E-state index in [1.165, 1.54) is 23.9 Å². The van der Waals surface area contributed by atoms with Crippen molar-refractivity contribution in [1.82, 2.24) is 14.9 Å². The number of nitrogens with one attached hydrogen (secondary N) is 1. The van der Waals surface area contributed by atoms with Gasteiger partial charge in [0, 0.05) is 28.4 Å². The van der Waals surface area contributed by atoms with Crippen molar-refractivity contribution in [1.29, 1.82) is 0 Å². The second-order valence-electron chi connectivity index (χ2n) is 7.73. The van der Waals surface area contributed by atoms with Crippen LogP contribution in [0.3, 0.4) is 0 Å². The van der Waals surface area contributed by atoms with E-state index in [-0.39, 0.29) is 17.4 Å². The van der Waals surface area contributed by atoms with Crippen LogP contribution >= 0.6 is 11.8 Å². The number of hydrogen-bond donors (Lipinski definition) is 1. The molecule has 0 aliphatic rings. The highest BCUT2D eigenvalue weighted by Gasteiger charge is 2.14. The van der Waals surface area contributed by atoms with Crippen molar-refractivity contribution < 1.29 is 17.6 Å². The minimum atomic E-state index is -3.22. The topological polar surface area (TPSA) is 89.0 Å². The Hall–Kier alpha value is -3.14. The standard InChI is InChI=1S/C25H22FN3O3S2/c1-34(31,32)27-15-14-17-6-8-18(9-7-17)23(30)16-33-25-22-5-3-2-4-21(22)24(28-29-25)19-10-12-20(26)13-11-19/h2-13,27H,14-16H2,1H3. The highest BCUT2D eigenvalue weighted by Crippen LogP contribution is 2.32. The summed E-state index contributed by atoms with van der Waals surface area (Å²) in [6.07, 6.45) is 1.66. The number of aromatic nitrogens is 2. The molecule has 9 heteroatoms. The van der Waals surface area contributed by atoms with Gasteiger partial charge in [-0.1, -0.05) is 60.3 Å². The zero-order valence-electron chi connectivity index (χ0n) is 18.4. The van der Waals surface area contributed by atoms with E-state index >= 15 is 0 Å². The van der Waals surface area contributed by atoms with E-state index < -0.39 is 10.0 Å². The molecule has 1 aromatic heterocycles. The van der Waals surface area contributed by atoms with Crippen LogP contribution in [-0.4, -0.2) is 43.0 Å². The number of fused-ring (bicyclic) bond motifs is 1. The molecule has 1 N–H and O–H groups in total. The number of Topliss-reactive ketones (excluding diaryl/α,β-unsaturated/α-hetero) is 1. The largest absolute Gasteiger partial charge is 0.293 e. The number of ketones is 1. The summed E-state index contributed by atoms with van der Waals surface area (Å²) in [6, 6.07) is 21.0. The van der Waals surface area contributed by atoms with E-state index in [1.807, 2.05) is 36.4 Å². The minimum absolute atomic E-state index is 0.0423. The first-order valence-corrected chi connectivity index (χ1v) is 13.4. The molecule has 0 saturated heterocycles. The number of sulfonamides is 1. The van der Waals surface area contributed by atoms with E-state index in [0.29, 0.717) is 29.2 Å². The maximum absolute atomic E-state index is 13.3. The van der Waals surface area contributed by atoms with Gasteiger partial charge in [-0.3, -0.25) is 4.79 Å². The third-order valence-electron chi connectivity index (χ3n) is 5.16. The third kappa shape index (κ3) is 6.05. The molecule has 4 rings (SSSR count). The minimum Gasteiger partial charge on any atom is -0.293 e. The fourth-order valence-electron chi connectivity index (χ4n) is 3.46. The van der Waals surface area contributed by atoms with Gasteiger partial charge in [-0.2, -0.15) is 0 Å². The van der Waals surface area contributed by atoms with Crippen LogP contribution in [0.4, 0.5) is 4.39 Å². The molecule has 0 aliphatic carbocycles. The second-order valence-corrected chi connectivity index (χ2v) is 10.5. The number of hydrogen-bond acceptors (Lipinski definition) is 6. The van der Waals surface area contributed by atoms with Crippen LogP contribution in [0, 0.1) is 5.82 Å². The predicted molar refractivity (Wildman–Crippen MR) is 133 cm³/mol. The number of carbonyl (C=O) groups excluding carboxylic acids is 1. The molecule has 0 radical (unpaired) electrons. The van der Waals surface area contributed by atoms with Crippen molar-refractivity contribution in [2.24, 2.45) is 0 Å². The Morgan fingerprint density at radius 3 is 2.29 bits per heavy atom. The van der Waals surface area contributed by atoms with Crippen LogP contribution in [0.25, 0.3) is 22.0 Å². The summed E-state index contributed by atoms with van der Waals surface area (Å²) in [5, 5.41) is 11.1. The van der Waals surface area contributed by atoms with Crippen molar-refractivity contribution in [3.63, 3.8) is 0 Å². The van der Waals surface area contributed by atoms with E-state index in [9.17, 15) is 17.6 Å². The quantitative estimate of drug-likeness (QED) is 0.272. The molecule has 174 valence electrons. The van der Waals surface area contributed by atoms with Gasteiger partial charge >= 0.3 is 0 Å². The average molecular weight is 496 g/mol. The highest BCUT2D eigenvalue weighted by molar-refractivity contribution is 8.00. The molecule has 0 unspecified atom stereocenters. The molecule has 0 bridgehead atoms. The Kier molecular flexibility index (Phi) is 7.35. The van der Waals surface area contributed by atoms with Gasteiger partial charge in [0.15, 0.2) is 5.78 Å². The molecule has 6 nitrogen and oxygen atoms in total. The number of carbonyl (C=O) groups is 1. The van der Waals surface area contributed by atoms with Crippen LogP contribution in [0.5, 0.6) is 0 Å². The molecule has 0 aliphatic heterocycles. The summed E-state index contributed by atoms with van der Waals surface area (Å²) in [6.45, 7) is 0.307. The molecule has 0 atom stereocenters. The number of thioether (sulfide) groups is 1. The molecular weight excluding hydrogens is 473 g/mol. The summed E-state index contributed by atoms with van der Waals surface area (Å²) >= 11 is 1.32. The smallest absolute Gasteiger partial charge is 0.208 e. The Labute approximate surface area is 201 Å². The summed E-state index contributed by atoms with van der Waals surface area (Å²) in [4.78, 5) is 12.7. The first-order valence-electron chi connectivity index (χ1n) is 10.5. The first kappa shape index (κ1) is 24.0. The molecule has 0 saturated carbocycles. The van der Waals surface area contributed by atoms with Crippen LogP contribution in [0.2, 0.25) is 0 Å². The van der Waals surface area contributed by atoms with Gasteiger partial charge in [0.05, 0.1) is 12.0 Å². The van der Waals surface area contributed by atoms with E-state index in [4.69, 9.17) is 0 Å². The summed E-state index contributed by atoms with van der Waals surface area (Å²) in [7, 11) is -3.22. The van der Waals surface area contributed by atoms with E-state index in [0.717, 1.165) is 28.2 Å². The lowest BCUT2D eigenvalue weighted by atomic mass is 10.1. The monoisotopic (exact) mass is 495 g/mol. The van der Waals surface area contributed by atoms with Crippen LogP contribution in [0.1, 0.15) is 15.9 Å². The Bertz CT molecular complexity index is 1420. The van der Waals surface area contributed by atoms with Gasteiger partial charge in [-0.25, -0.2) is 17.5 Å². The molecule has 1 heterocycles. The number of rotatable bonds is 9. The molecule has 34 heavy (non-hydrogen) atoms. The van der Waals surface area contributed by atoms with E-state index in [2.05, 4.69) is 14.9 Å². The Balaban J connectivity index is 1.46. The van der Waals surface area contributed by atoms with Crippen molar-refractivity contribution >= 4 is 38.3 Å². The summed E-state index contributed by atoms with van der Waals surface area (Å²) in [5.74, 6) is -0.159. The third-order valence-corrected chi connectivity index (χ3v) is 6.87. The van der Waals surface area contributed by atoms with Gasteiger partial charge in [-0.15, -0.1) is 10.2 Å². The normalized spacial score (nSPS) is 11.6. The maximum Gasteiger partial charge on any atom is 0.208 e. The van der Waals surface area contributed by atoms with Crippen LogP contribution in [-0.2, 0) is 16.4 Å². The predicted octanol–water partition coefficient (Wildman–Crippen LogP) is 4.50. The average Bonchev–Trinajstić information content (AvgIpc) is 2.82. The molecule has 0 amide bonds. The van der Waals surface area contributed by atoms with Gasteiger partial charge in [0.2, 0.25) is 10.0 Å². The fraction of sp³-hybridized carbons (Fsp3) is 0.160. The fourth-order valence-corrected chi connectivity index (χ4v) is 4.80. The van der Waals surface area contributed by atoms with E-state index in [1.54, 1.807) is 24.3 Å². The summed E-state index contributed by atoms with van der Waals surface area (Å²) in [5.41, 5.74) is 2.94. The first-order chi connectivity index (χ1) is 16.3. The zero-order valence-corrected chi connectivity index (χ0v) is 20.0. The van der Waals surface area contributed by atoms with Gasteiger partial charge < -0.3 is 0 Å². The van der Waals surface area contributed by atoms with Crippen molar-refractivity contribution in [2.45, 2.75) is 11.4 Å². The molecule has 0 spiro atoms. The number of benzene rings is 3. The lowest BCUT2D eigenvalue weighted by molar-refractivity contribution is 0.102. The second kappa shape index (κ2) is 10.4. The molecular formula is C25H22FN3O3S2. The Morgan fingerprint density at radius 1 is 0.941 bits per heavy atom. The van der Waals surface area contributed by atoms with Crippen LogP contribution in [0.15, 0.2) is 77.8 Å². The number of halogens is 1. The van der Waals surface area contributed by atoms with Crippen molar-refractivity contribution in [2.75, 3.05) is 18.6 Å². The lowest BCUT2D eigenvalue weighted by Gasteiger charge is -2.09. The van der Waals surface area contributed by atoms with Crippen molar-refractivity contribution in [3.8, 4) is 11.3 Å². The number of nitrogens with zero attached hydrogens (tertiary/aromatic N) is 2. The molecule has 0 fully saturated rings. The Morgan fingerprint density at radius 2 is 1.62 bits per heavy atom. The molecule has 4 aromatic rings. The SMILES string of the molecule is CS(=O)(=O)NCCc1ccc(C(=O)CSc2nnc(-c3ccc(F)cc3)c3ccccc23)cc1. The van der Waals surface area contributed by atoms with Crippen LogP contribution < -0.4 is 4.72 Å². The highest BCUT2D eigenvalue weighted by atomic mass is 32.2. The molecule has 3 aromatic carbocycles. The zero-order chi connectivity index (χ0) is 24.1. The van der Waals surface area contributed by atoms with Gasteiger partial charge in [-0.05, 0) is 36.2 Å². The summed E-state index contributed by atoms with van der Waals surface area (Å²) < 4.78 is 38.1. The lowest BCUT2D eigenvalue weighted by Crippen LogP contribution is -2.24. The van der Waals surface area contributed by atoms with Gasteiger partial charge in [0.1, 0.15) is 16.5 Å². The van der Waals surface area contributed by atoms with Gasteiger partial charge in [0.25, 0.3) is 0 Å². The maximum atomic E-state index is 13.3.